The van der Waals surface area contributed by atoms with E-state index in [0.29, 0.717) is 18.7 Å². The number of fused-ring (bicyclic) bond motifs is 1. The molecule has 2 amide bonds. The van der Waals surface area contributed by atoms with Crippen molar-refractivity contribution in [2.45, 2.75) is 5.54 Å². The smallest absolute Gasteiger partial charge is 0.255 e. The number of likely N-dealkylation sites (tertiary alicyclic amines) is 1. The highest BCUT2D eigenvalue weighted by atomic mass is 32.1. The fraction of sp³-hybridized carbons (Fsp3) is 0.294. The Labute approximate surface area is 148 Å². The first-order valence-corrected chi connectivity index (χ1v) is 8.78. The van der Waals surface area contributed by atoms with Crippen LogP contribution in [0.4, 0.5) is 0 Å². The van der Waals surface area contributed by atoms with Crippen molar-refractivity contribution < 1.29 is 9.59 Å². The summed E-state index contributed by atoms with van der Waals surface area (Å²) < 4.78 is 0. The molecule has 0 aromatic carbocycles. The molecule has 7 nitrogen and oxygen atoms in total. The Morgan fingerprint density at radius 1 is 1.44 bits per heavy atom. The molecule has 0 aliphatic carbocycles. The molecule has 4 heterocycles. The van der Waals surface area contributed by atoms with Crippen LogP contribution in [0, 0.1) is 11.3 Å². The molecule has 0 bridgehead atoms. The number of carbonyl (C=O) groups excluding carboxylic acids is 2. The lowest BCUT2D eigenvalue weighted by Gasteiger charge is -2.42. The van der Waals surface area contributed by atoms with Gasteiger partial charge in [0.25, 0.3) is 5.91 Å². The number of hydrogen-bond acceptors (Lipinski definition) is 5. The Hall–Kier alpha value is -2.74. The summed E-state index contributed by atoms with van der Waals surface area (Å²) in [7, 11) is 1.58. The molecular weight excluding hydrogens is 338 g/mol. The summed E-state index contributed by atoms with van der Waals surface area (Å²) in [6.07, 6.45) is 3.15. The van der Waals surface area contributed by atoms with Crippen LogP contribution in [0.15, 0.2) is 42.0 Å². The number of amides is 2. The number of aromatic nitrogens is 1. The van der Waals surface area contributed by atoms with Gasteiger partial charge in [-0.25, -0.2) is 0 Å². The van der Waals surface area contributed by atoms with Crippen molar-refractivity contribution in [1.82, 2.24) is 20.1 Å². The second-order valence-electron chi connectivity index (χ2n) is 6.30. The molecule has 2 aliphatic heterocycles. The maximum atomic E-state index is 12.9. The maximum absolute atomic E-state index is 12.9. The number of rotatable bonds is 2. The van der Waals surface area contributed by atoms with Crippen molar-refractivity contribution in [2.24, 2.45) is 5.92 Å². The number of guanidine groups is 1. The summed E-state index contributed by atoms with van der Waals surface area (Å²) in [5, 5.41) is 13.3. The SMILES string of the molecule is CN1C(=N)NC2(c3cccs3)CN(C(=O)c3cccnc3)CC2C1=O. The minimum Gasteiger partial charge on any atom is -0.343 e. The Bertz CT molecular complexity index is 838. The summed E-state index contributed by atoms with van der Waals surface area (Å²) in [5.74, 6) is -0.656. The predicted molar refractivity (Wildman–Crippen MR) is 93.3 cm³/mol. The fourth-order valence-electron chi connectivity index (χ4n) is 3.58. The third-order valence-electron chi connectivity index (χ3n) is 4.90. The molecule has 2 N–H and O–H groups in total. The predicted octanol–water partition coefficient (Wildman–Crippen LogP) is 1.11. The van der Waals surface area contributed by atoms with Crippen LogP contribution in [0.2, 0.25) is 0 Å². The molecule has 0 saturated carbocycles. The zero-order valence-electron chi connectivity index (χ0n) is 13.6. The van der Waals surface area contributed by atoms with E-state index in [1.807, 2.05) is 17.5 Å². The van der Waals surface area contributed by atoms with E-state index in [1.54, 1.807) is 30.3 Å². The summed E-state index contributed by atoms with van der Waals surface area (Å²) >= 11 is 1.53. The molecule has 2 aromatic heterocycles. The van der Waals surface area contributed by atoms with Gasteiger partial charge in [0.15, 0.2) is 5.96 Å². The van der Waals surface area contributed by atoms with Gasteiger partial charge in [-0.3, -0.25) is 24.9 Å². The van der Waals surface area contributed by atoms with Crippen LogP contribution in [0.1, 0.15) is 15.2 Å². The van der Waals surface area contributed by atoms with Crippen molar-refractivity contribution in [3.05, 3.63) is 52.5 Å². The number of thiophene rings is 1. The lowest BCUT2D eigenvalue weighted by Crippen LogP contribution is -2.64. The van der Waals surface area contributed by atoms with E-state index in [2.05, 4.69) is 10.3 Å². The molecule has 2 atom stereocenters. The number of carbonyl (C=O) groups is 2. The first kappa shape index (κ1) is 15.8. The van der Waals surface area contributed by atoms with Crippen molar-refractivity contribution in [1.29, 1.82) is 5.41 Å². The Balaban J connectivity index is 1.74. The van der Waals surface area contributed by atoms with E-state index >= 15 is 0 Å². The van der Waals surface area contributed by atoms with Gasteiger partial charge in [0, 0.05) is 37.4 Å². The van der Waals surface area contributed by atoms with Gasteiger partial charge in [0.1, 0.15) is 5.54 Å². The van der Waals surface area contributed by atoms with E-state index < -0.39 is 11.5 Å². The van der Waals surface area contributed by atoms with E-state index in [-0.39, 0.29) is 17.8 Å². The Morgan fingerprint density at radius 2 is 2.28 bits per heavy atom. The molecule has 25 heavy (non-hydrogen) atoms. The molecule has 2 fully saturated rings. The average molecular weight is 355 g/mol. The van der Waals surface area contributed by atoms with E-state index in [9.17, 15) is 9.59 Å². The molecule has 2 unspecified atom stereocenters. The van der Waals surface area contributed by atoms with Gasteiger partial charge in [0.2, 0.25) is 5.91 Å². The van der Waals surface area contributed by atoms with E-state index in [4.69, 9.17) is 5.41 Å². The average Bonchev–Trinajstić information content (AvgIpc) is 3.28. The fourth-order valence-corrected chi connectivity index (χ4v) is 4.51. The summed E-state index contributed by atoms with van der Waals surface area (Å²) in [5.41, 5.74) is -0.245. The second kappa shape index (κ2) is 5.66. The molecule has 0 radical (unpaired) electrons. The van der Waals surface area contributed by atoms with Gasteiger partial charge in [-0.15, -0.1) is 11.3 Å². The summed E-state index contributed by atoms with van der Waals surface area (Å²) in [6, 6.07) is 7.32. The highest BCUT2D eigenvalue weighted by Gasteiger charge is 2.57. The van der Waals surface area contributed by atoms with Crippen molar-refractivity contribution in [3.8, 4) is 0 Å². The van der Waals surface area contributed by atoms with Crippen LogP contribution in [-0.2, 0) is 10.3 Å². The highest BCUT2D eigenvalue weighted by molar-refractivity contribution is 7.10. The van der Waals surface area contributed by atoms with Crippen LogP contribution < -0.4 is 5.32 Å². The maximum Gasteiger partial charge on any atom is 0.255 e. The third kappa shape index (κ3) is 2.32. The third-order valence-corrected chi connectivity index (χ3v) is 5.95. The first-order chi connectivity index (χ1) is 12.0. The van der Waals surface area contributed by atoms with Gasteiger partial charge >= 0.3 is 0 Å². The van der Waals surface area contributed by atoms with Crippen LogP contribution in [0.5, 0.6) is 0 Å². The number of pyridine rings is 1. The number of nitrogens with zero attached hydrogens (tertiary/aromatic N) is 3. The van der Waals surface area contributed by atoms with Crippen LogP contribution >= 0.6 is 11.3 Å². The van der Waals surface area contributed by atoms with Gasteiger partial charge < -0.3 is 10.2 Å². The van der Waals surface area contributed by atoms with Crippen LogP contribution in [0.25, 0.3) is 0 Å². The molecule has 8 heteroatoms. The highest BCUT2D eigenvalue weighted by Crippen LogP contribution is 2.42. The van der Waals surface area contributed by atoms with Crippen molar-refractivity contribution in [3.63, 3.8) is 0 Å². The van der Waals surface area contributed by atoms with Gasteiger partial charge in [0.05, 0.1) is 11.5 Å². The molecule has 128 valence electrons. The summed E-state index contributed by atoms with van der Waals surface area (Å²) in [6.45, 7) is 0.656. The van der Waals surface area contributed by atoms with Crippen LogP contribution in [0.3, 0.4) is 0 Å². The minimum absolute atomic E-state index is 0.0605. The zero-order chi connectivity index (χ0) is 17.6. The van der Waals surface area contributed by atoms with Gasteiger partial charge in [-0.05, 0) is 23.6 Å². The number of nitrogens with one attached hydrogen (secondary N) is 2. The summed E-state index contributed by atoms with van der Waals surface area (Å²) in [4.78, 5) is 33.6. The largest absolute Gasteiger partial charge is 0.343 e. The number of hydrogen-bond donors (Lipinski definition) is 2. The van der Waals surface area contributed by atoms with Crippen LogP contribution in [-0.4, -0.2) is 52.7 Å². The molecule has 2 aliphatic rings. The lowest BCUT2D eigenvalue weighted by atomic mass is 9.83. The standard InChI is InChI=1S/C17H17N5O2S/c1-21-15(24)12-9-22(14(23)11-4-2-6-19-8-11)10-17(12,20-16(21)18)13-5-3-7-25-13/h2-8,12H,9-10H2,1H3,(H2,18,20). The lowest BCUT2D eigenvalue weighted by molar-refractivity contribution is -0.134. The molecule has 2 saturated heterocycles. The minimum atomic E-state index is -0.743. The van der Waals surface area contributed by atoms with Gasteiger partial charge in [-0.2, -0.15) is 0 Å². The quantitative estimate of drug-likeness (QED) is 0.844. The Morgan fingerprint density at radius 3 is 2.96 bits per heavy atom. The second-order valence-corrected chi connectivity index (χ2v) is 7.25. The van der Waals surface area contributed by atoms with E-state index in [1.165, 1.54) is 22.4 Å². The molecule has 0 spiro atoms. The Kier molecular flexibility index (Phi) is 3.57. The van der Waals surface area contributed by atoms with Crippen molar-refractivity contribution >= 4 is 29.1 Å². The van der Waals surface area contributed by atoms with E-state index in [0.717, 1.165) is 4.88 Å². The zero-order valence-corrected chi connectivity index (χ0v) is 14.4. The topological polar surface area (TPSA) is 89.4 Å². The normalized spacial score (nSPS) is 25.7. The van der Waals surface area contributed by atoms with Crippen molar-refractivity contribution in [2.75, 3.05) is 20.1 Å². The van der Waals surface area contributed by atoms with Gasteiger partial charge in [-0.1, -0.05) is 6.07 Å². The molecular formula is C17H17N5O2S. The monoisotopic (exact) mass is 355 g/mol. The first-order valence-electron chi connectivity index (χ1n) is 7.90. The molecule has 2 aromatic rings. The molecule has 4 rings (SSSR count).